The van der Waals surface area contributed by atoms with E-state index in [-0.39, 0.29) is 17.2 Å². The summed E-state index contributed by atoms with van der Waals surface area (Å²) in [6.45, 7) is 1.17. The van der Waals surface area contributed by atoms with E-state index < -0.39 is 22.5 Å². The molecule has 1 aromatic carbocycles. The van der Waals surface area contributed by atoms with Crippen molar-refractivity contribution in [2.75, 3.05) is 6.54 Å². The number of hydrogen-bond donors (Lipinski definition) is 3. The second-order valence-electron chi connectivity index (χ2n) is 3.59. The van der Waals surface area contributed by atoms with Gasteiger partial charge in [0, 0.05) is 6.42 Å². The minimum absolute atomic E-state index is 0.0698. The first kappa shape index (κ1) is 15.1. The second-order valence-corrected chi connectivity index (χ2v) is 5.35. The highest BCUT2D eigenvalue weighted by Gasteiger charge is 2.14. The van der Waals surface area contributed by atoms with Gasteiger partial charge in [-0.3, -0.25) is 20.4 Å². The van der Waals surface area contributed by atoms with Crippen molar-refractivity contribution < 1.29 is 18.0 Å². The van der Waals surface area contributed by atoms with Crippen LogP contribution in [0.4, 0.5) is 0 Å². The summed E-state index contributed by atoms with van der Waals surface area (Å²) in [7, 11) is -3.72. The van der Waals surface area contributed by atoms with Crippen molar-refractivity contribution in [1.82, 2.24) is 15.6 Å². The Bertz CT molecular complexity index is 542. The quantitative estimate of drug-likeness (QED) is 0.636. The number of amides is 2. The van der Waals surface area contributed by atoms with Gasteiger partial charge in [0.25, 0.3) is 5.91 Å². The van der Waals surface area contributed by atoms with Crippen molar-refractivity contribution in [2.24, 2.45) is 0 Å². The van der Waals surface area contributed by atoms with Crippen LogP contribution in [0.1, 0.15) is 13.3 Å². The molecule has 8 heteroatoms. The van der Waals surface area contributed by atoms with Crippen molar-refractivity contribution in [3.63, 3.8) is 0 Å². The summed E-state index contributed by atoms with van der Waals surface area (Å²) in [6.07, 6.45) is 0.218. The lowest BCUT2D eigenvalue weighted by Crippen LogP contribution is -2.46. The molecule has 0 aromatic heterocycles. The molecular formula is C11H15N3O4S. The number of hydrogen-bond acceptors (Lipinski definition) is 4. The normalized spacial score (nSPS) is 10.8. The lowest BCUT2D eigenvalue weighted by atomic mass is 10.4. The minimum atomic E-state index is -3.72. The molecule has 0 aliphatic rings. The van der Waals surface area contributed by atoms with Gasteiger partial charge < -0.3 is 0 Å². The molecule has 0 saturated carbocycles. The van der Waals surface area contributed by atoms with E-state index in [0.717, 1.165) is 0 Å². The van der Waals surface area contributed by atoms with Gasteiger partial charge in [-0.25, -0.2) is 13.1 Å². The molecule has 104 valence electrons. The minimum Gasteiger partial charge on any atom is -0.273 e. The molecule has 0 bridgehead atoms. The van der Waals surface area contributed by atoms with Crippen molar-refractivity contribution in [1.29, 1.82) is 0 Å². The Balaban J connectivity index is 2.48. The average Bonchev–Trinajstić information content (AvgIpc) is 2.43. The number of nitrogens with one attached hydrogen (secondary N) is 3. The maximum absolute atomic E-state index is 11.8. The molecular weight excluding hydrogens is 270 g/mol. The van der Waals surface area contributed by atoms with Crippen molar-refractivity contribution in [3.05, 3.63) is 30.3 Å². The number of rotatable bonds is 5. The fourth-order valence-corrected chi connectivity index (χ4v) is 2.12. The van der Waals surface area contributed by atoms with Crippen LogP contribution < -0.4 is 15.6 Å². The SMILES string of the molecule is CCC(=O)NNC(=O)CNS(=O)(=O)c1ccccc1. The molecule has 3 N–H and O–H groups in total. The van der Waals surface area contributed by atoms with Crippen LogP contribution >= 0.6 is 0 Å². The second kappa shape index (κ2) is 6.86. The summed E-state index contributed by atoms with van der Waals surface area (Å²) in [5, 5.41) is 0. The van der Waals surface area contributed by atoms with E-state index in [0.29, 0.717) is 0 Å². The van der Waals surface area contributed by atoms with E-state index in [1.165, 1.54) is 12.1 Å². The molecule has 0 unspecified atom stereocenters. The van der Waals surface area contributed by atoms with Crippen LogP contribution in [0.25, 0.3) is 0 Å². The number of benzene rings is 1. The zero-order valence-corrected chi connectivity index (χ0v) is 11.2. The molecule has 0 fully saturated rings. The van der Waals surface area contributed by atoms with Crippen molar-refractivity contribution in [3.8, 4) is 0 Å². The van der Waals surface area contributed by atoms with Crippen LogP contribution in [0.2, 0.25) is 0 Å². The van der Waals surface area contributed by atoms with Gasteiger partial charge in [0.15, 0.2) is 0 Å². The Morgan fingerprint density at radius 2 is 1.63 bits per heavy atom. The van der Waals surface area contributed by atoms with E-state index in [2.05, 4.69) is 15.6 Å². The number of carbonyl (C=O) groups excluding carboxylic acids is 2. The summed E-state index contributed by atoms with van der Waals surface area (Å²) >= 11 is 0. The lowest BCUT2D eigenvalue weighted by molar-refractivity contribution is -0.128. The van der Waals surface area contributed by atoms with E-state index in [1.54, 1.807) is 25.1 Å². The van der Waals surface area contributed by atoms with Crippen LogP contribution in [-0.2, 0) is 19.6 Å². The highest BCUT2D eigenvalue weighted by molar-refractivity contribution is 7.89. The highest BCUT2D eigenvalue weighted by atomic mass is 32.2. The Morgan fingerprint density at radius 1 is 1.05 bits per heavy atom. The third-order valence-electron chi connectivity index (χ3n) is 2.14. The lowest BCUT2D eigenvalue weighted by Gasteiger charge is -2.08. The summed E-state index contributed by atoms with van der Waals surface area (Å²) in [5.41, 5.74) is 4.23. The fourth-order valence-electron chi connectivity index (χ4n) is 1.12. The van der Waals surface area contributed by atoms with E-state index in [1.807, 2.05) is 0 Å². The number of sulfonamides is 1. The Kier molecular flexibility index (Phi) is 5.46. The predicted octanol–water partition coefficient (Wildman–Crippen LogP) is -0.478. The largest absolute Gasteiger partial charge is 0.273 e. The molecule has 0 aliphatic carbocycles. The van der Waals surface area contributed by atoms with Crippen molar-refractivity contribution in [2.45, 2.75) is 18.2 Å². The van der Waals surface area contributed by atoms with Gasteiger partial charge in [0.2, 0.25) is 15.9 Å². The van der Waals surface area contributed by atoms with Gasteiger partial charge in [-0.2, -0.15) is 0 Å². The predicted molar refractivity (Wildman–Crippen MR) is 68.2 cm³/mol. The third-order valence-corrected chi connectivity index (χ3v) is 3.56. The maximum atomic E-state index is 11.8. The van der Waals surface area contributed by atoms with Crippen LogP contribution in [0.3, 0.4) is 0 Å². The van der Waals surface area contributed by atoms with E-state index in [4.69, 9.17) is 0 Å². The van der Waals surface area contributed by atoms with Gasteiger partial charge in [-0.15, -0.1) is 0 Å². The fraction of sp³-hybridized carbons (Fsp3) is 0.273. The zero-order chi connectivity index (χ0) is 14.3. The molecule has 0 heterocycles. The summed E-state index contributed by atoms with van der Waals surface area (Å²) in [4.78, 5) is 22.2. The first-order valence-electron chi connectivity index (χ1n) is 5.58. The van der Waals surface area contributed by atoms with E-state index >= 15 is 0 Å². The number of carbonyl (C=O) groups is 2. The molecule has 2 amide bonds. The molecule has 19 heavy (non-hydrogen) atoms. The van der Waals surface area contributed by atoms with Crippen LogP contribution in [0.15, 0.2) is 35.2 Å². The highest BCUT2D eigenvalue weighted by Crippen LogP contribution is 2.06. The van der Waals surface area contributed by atoms with Gasteiger partial charge in [0.1, 0.15) is 0 Å². The monoisotopic (exact) mass is 285 g/mol. The zero-order valence-electron chi connectivity index (χ0n) is 10.3. The standard InChI is InChI=1S/C11H15N3O4S/c1-2-10(15)13-14-11(16)8-12-19(17,18)9-6-4-3-5-7-9/h3-7,12H,2,8H2,1H3,(H,13,15)(H,14,16). The van der Waals surface area contributed by atoms with Gasteiger partial charge in [0.05, 0.1) is 11.4 Å². The van der Waals surface area contributed by atoms with Crippen molar-refractivity contribution >= 4 is 21.8 Å². The topological polar surface area (TPSA) is 104 Å². The molecule has 0 radical (unpaired) electrons. The Labute approximate surface area is 111 Å². The summed E-state index contributed by atoms with van der Waals surface area (Å²) in [6, 6.07) is 7.68. The molecule has 1 aromatic rings. The molecule has 0 aliphatic heterocycles. The molecule has 1 rings (SSSR count). The first-order chi connectivity index (χ1) is 8.95. The molecule has 0 atom stereocenters. The molecule has 0 spiro atoms. The smallest absolute Gasteiger partial charge is 0.253 e. The van der Waals surface area contributed by atoms with Crippen LogP contribution in [0, 0.1) is 0 Å². The Hall–Kier alpha value is -1.93. The van der Waals surface area contributed by atoms with Crippen LogP contribution in [0.5, 0.6) is 0 Å². The number of hydrazine groups is 1. The summed E-state index contributed by atoms with van der Waals surface area (Å²) in [5.74, 6) is -1.01. The summed E-state index contributed by atoms with van der Waals surface area (Å²) < 4.78 is 25.6. The third kappa shape index (κ3) is 5.06. The molecule has 7 nitrogen and oxygen atoms in total. The Morgan fingerprint density at radius 3 is 2.21 bits per heavy atom. The van der Waals surface area contributed by atoms with Gasteiger partial charge >= 0.3 is 0 Å². The van der Waals surface area contributed by atoms with Gasteiger partial charge in [-0.05, 0) is 12.1 Å². The van der Waals surface area contributed by atoms with E-state index in [9.17, 15) is 18.0 Å². The first-order valence-corrected chi connectivity index (χ1v) is 7.06. The molecule has 0 saturated heterocycles. The van der Waals surface area contributed by atoms with Gasteiger partial charge in [-0.1, -0.05) is 25.1 Å². The van der Waals surface area contributed by atoms with Crippen LogP contribution in [-0.4, -0.2) is 26.8 Å². The maximum Gasteiger partial charge on any atom is 0.253 e. The average molecular weight is 285 g/mol.